The molecule has 1 heterocycles. The summed E-state index contributed by atoms with van der Waals surface area (Å²) < 4.78 is 33.2. The number of terminal acetylenes is 1. The molecule has 1 amide bonds. The van der Waals surface area contributed by atoms with Gasteiger partial charge < -0.3 is 10.1 Å². The minimum atomic E-state index is -3.76. The number of halogens is 1. The maximum absolute atomic E-state index is 12.7. The van der Waals surface area contributed by atoms with Gasteiger partial charge >= 0.3 is 0 Å². The molecule has 0 saturated heterocycles. The Morgan fingerprint density at radius 2 is 2.11 bits per heavy atom. The van der Waals surface area contributed by atoms with Crippen LogP contribution in [-0.4, -0.2) is 27.5 Å². The topological polar surface area (TPSA) is 84.5 Å². The Kier molecular flexibility index (Phi) is 5.85. The van der Waals surface area contributed by atoms with Crippen LogP contribution < -0.4 is 14.8 Å². The molecule has 1 unspecified atom stereocenters. The van der Waals surface area contributed by atoms with Crippen molar-refractivity contribution in [1.29, 1.82) is 0 Å². The fourth-order valence-electron chi connectivity index (χ4n) is 2.78. The summed E-state index contributed by atoms with van der Waals surface area (Å²) in [5, 5.41) is 2.95. The van der Waals surface area contributed by atoms with Gasteiger partial charge in [-0.15, -0.1) is 6.42 Å². The molecule has 2 N–H and O–H groups in total. The molecule has 0 bridgehead atoms. The maximum atomic E-state index is 12.7. The zero-order valence-electron chi connectivity index (χ0n) is 14.2. The van der Waals surface area contributed by atoms with E-state index in [0.717, 1.165) is 15.8 Å². The number of ether oxygens (including phenoxy) is 1. The zero-order chi connectivity index (χ0) is 19.4. The Hall–Kier alpha value is -2.34. The SMILES string of the molecule is C#CCNS(=O)(=O)c1cccc(C(=O)NC2CCOc3ccc(Br)cc32)c1. The molecule has 0 aromatic heterocycles. The third-order valence-electron chi connectivity index (χ3n) is 4.09. The van der Waals surface area contributed by atoms with E-state index in [1.54, 1.807) is 6.07 Å². The first kappa shape index (κ1) is 19.4. The van der Waals surface area contributed by atoms with E-state index in [-0.39, 0.29) is 29.0 Å². The first-order chi connectivity index (χ1) is 12.9. The smallest absolute Gasteiger partial charge is 0.251 e. The lowest BCUT2D eigenvalue weighted by atomic mass is 10.00. The second-order valence-corrected chi connectivity index (χ2v) is 8.58. The van der Waals surface area contributed by atoms with Crippen LogP contribution in [0.1, 0.15) is 28.4 Å². The summed E-state index contributed by atoms with van der Waals surface area (Å²) in [6.45, 7) is 0.372. The molecule has 140 valence electrons. The third kappa shape index (κ3) is 4.50. The zero-order valence-corrected chi connectivity index (χ0v) is 16.6. The van der Waals surface area contributed by atoms with Crippen LogP contribution >= 0.6 is 15.9 Å². The van der Waals surface area contributed by atoms with Crippen molar-refractivity contribution < 1.29 is 17.9 Å². The van der Waals surface area contributed by atoms with Crippen molar-refractivity contribution in [3.63, 3.8) is 0 Å². The van der Waals surface area contributed by atoms with E-state index < -0.39 is 10.0 Å². The van der Waals surface area contributed by atoms with E-state index in [1.807, 2.05) is 18.2 Å². The molecule has 1 atom stereocenters. The van der Waals surface area contributed by atoms with Crippen molar-refractivity contribution in [2.75, 3.05) is 13.2 Å². The van der Waals surface area contributed by atoms with E-state index in [9.17, 15) is 13.2 Å². The van der Waals surface area contributed by atoms with Crippen LogP contribution in [0.4, 0.5) is 0 Å². The Balaban J connectivity index is 1.81. The Morgan fingerprint density at radius 3 is 2.89 bits per heavy atom. The molecule has 0 aliphatic carbocycles. The molecule has 0 radical (unpaired) electrons. The maximum Gasteiger partial charge on any atom is 0.251 e. The number of rotatable bonds is 5. The van der Waals surface area contributed by atoms with Crippen LogP contribution in [0.15, 0.2) is 51.8 Å². The van der Waals surface area contributed by atoms with Gasteiger partial charge in [0.25, 0.3) is 5.91 Å². The molecule has 6 nitrogen and oxygen atoms in total. The number of nitrogens with one attached hydrogen (secondary N) is 2. The molecule has 8 heteroatoms. The minimum absolute atomic E-state index is 0.0134. The van der Waals surface area contributed by atoms with Crippen molar-refractivity contribution >= 4 is 31.9 Å². The van der Waals surface area contributed by atoms with Crippen LogP contribution in [0.3, 0.4) is 0 Å². The lowest BCUT2D eigenvalue weighted by Gasteiger charge is -2.27. The van der Waals surface area contributed by atoms with Crippen molar-refractivity contribution in [3.05, 3.63) is 58.1 Å². The monoisotopic (exact) mass is 448 g/mol. The van der Waals surface area contributed by atoms with Gasteiger partial charge in [-0.25, -0.2) is 8.42 Å². The molecular formula is C19H17BrN2O4S. The molecular weight excluding hydrogens is 432 g/mol. The molecule has 0 spiro atoms. The highest BCUT2D eigenvalue weighted by Gasteiger charge is 2.24. The lowest BCUT2D eigenvalue weighted by Crippen LogP contribution is -2.32. The number of carbonyl (C=O) groups excluding carboxylic acids is 1. The number of benzene rings is 2. The standard InChI is InChI=1S/C19H17BrN2O4S/c1-2-9-21-27(24,25)15-5-3-4-13(11-15)19(23)22-17-8-10-26-18-7-6-14(20)12-16(17)18/h1,3-7,11-12,17,21H,8-10H2,(H,22,23). The highest BCUT2D eigenvalue weighted by molar-refractivity contribution is 9.10. The molecule has 2 aromatic rings. The summed E-state index contributed by atoms with van der Waals surface area (Å²) in [5.41, 5.74) is 1.13. The summed E-state index contributed by atoms with van der Waals surface area (Å²) in [6, 6.07) is 11.2. The van der Waals surface area contributed by atoms with E-state index in [4.69, 9.17) is 11.2 Å². The third-order valence-corrected chi connectivity index (χ3v) is 5.98. The lowest BCUT2D eigenvalue weighted by molar-refractivity contribution is 0.0924. The van der Waals surface area contributed by atoms with Crippen molar-refractivity contribution in [1.82, 2.24) is 10.0 Å². The van der Waals surface area contributed by atoms with E-state index in [0.29, 0.717) is 13.0 Å². The van der Waals surface area contributed by atoms with Gasteiger partial charge in [0.2, 0.25) is 10.0 Å². The van der Waals surface area contributed by atoms with E-state index in [2.05, 4.69) is 31.9 Å². The van der Waals surface area contributed by atoms with Gasteiger partial charge in [0, 0.05) is 22.0 Å². The molecule has 0 saturated carbocycles. The fraction of sp³-hybridized carbons (Fsp3) is 0.211. The van der Waals surface area contributed by atoms with Gasteiger partial charge in [0.1, 0.15) is 5.75 Å². The first-order valence-corrected chi connectivity index (χ1v) is 10.4. The number of sulfonamides is 1. The Morgan fingerprint density at radius 1 is 1.30 bits per heavy atom. The highest BCUT2D eigenvalue weighted by atomic mass is 79.9. The van der Waals surface area contributed by atoms with Gasteiger partial charge in [-0.3, -0.25) is 4.79 Å². The van der Waals surface area contributed by atoms with Crippen LogP contribution in [0, 0.1) is 12.3 Å². The first-order valence-electron chi connectivity index (χ1n) is 8.17. The van der Waals surface area contributed by atoms with Gasteiger partial charge in [-0.2, -0.15) is 4.72 Å². The van der Waals surface area contributed by atoms with Crippen LogP contribution in [0.25, 0.3) is 0 Å². The van der Waals surface area contributed by atoms with Crippen LogP contribution in [0.2, 0.25) is 0 Å². The highest BCUT2D eigenvalue weighted by Crippen LogP contribution is 2.34. The summed E-state index contributed by atoms with van der Waals surface area (Å²) in [4.78, 5) is 12.7. The number of fused-ring (bicyclic) bond motifs is 1. The summed E-state index contributed by atoms with van der Waals surface area (Å²) >= 11 is 3.43. The second-order valence-electron chi connectivity index (χ2n) is 5.90. The summed E-state index contributed by atoms with van der Waals surface area (Å²) in [7, 11) is -3.76. The van der Waals surface area contributed by atoms with Gasteiger partial charge in [0.05, 0.1) is 24.1 Å². The normalized spacial score (nSPS) is 15.9. The molecule has 0 fully saturated rings. The van der Waals surface area contributed by atoms with Gasteiger partial charge in [-0.05, 0) is 36.4 Å². The van der Waals surface area contributed by atoms with Gasteiger partial charge in [-0.1, -0.05) is 27.9 Å². The predicted octanol–water partition coefficient (Wildman–Crippen LogP) is 2.61. The van der Waals surface area contributed by atoms with Crippen molar-refractivity contribution in [2.24, 2.45) is 0 Å². The van der Waals surface area contributed by atoms with Crippen molar-refractivity contribution in [2.45, 2.75) is 17.4 Å². The molecule has 1 aliphatic heterocycles. The summed E-state index contributed by atoms with van der Waals surface area (Å²) in [5.74, 6) is 2.58. The average molecular weight is 449 g/mol. The van der Waals surface area contributed by atoms with Gasteiger partial charge in [0.15, 0.2) is 0 Å². The molecule has 1 aliphatic rings. The molecule has 27 heavy (non-hydrogen) atoms. The fourth-order valence-corrected chi connectivity index (χ4v) is 4.14. The number of hydrogen-bond donors (Lipinski definition) is 2. The van der Waals surface area contributed by atoms with Crippen molar-refractivity contribution in [3.8, 4) is 18.1 Å². The minimum Gasteiger partial charge on any atom is -0.493 e. The van der Waals surface area contributed by atoms with E-state index >= 15 is 0 Å². The van der Waals surface area contributed by atoms with Crippen LogP contribution in [0.5, 0.6) is 5.75 Å². The Labute approximate surface area is 166 Å². The number of amides is 1. The predicted molar refractivity (Wildman–Crippen MR) is 105 cm³/mol. The second kappa shape index (κ2) is 8.13. The quantitative estimate of drug-likeness (QED) is 0.688. The largest absolute Gasteiger partial charge is 0.493 e. The number of carbonyl (C=O) groups is 1. The number of hydrogen-bond acceptors (Lipinski definition) is 4. The van der Waals surface area contributed by atoms with Crippen LogP contribution in [-0.2, 0) is 10.0 Å². The average Bonchev–Trinajstić information content (AvgIpc) is 2.67. The molecule has 3 rings (SSSR count). The molecule has 2 aromatic carbocycles. The summed E-state index contributed by atoms with van der Waals surface area (Å²) in [6.07, 6.45) is 5.71. The van der Waals surface area contributed by atoms with E-state index in [1.165, 1.54) is 18.2 Å². The Bertz CT molecular complexity index is 1010.